The summed E-state index contributed by atoms with van der Waals surface area (Å²) in [4.78, 5) is 1.21. The van der Waals surface area contributed by atoms with Crippen molar-refractivity contribution in [3.05, 3.63) is 48.0 Å². The molecule has 0 aliphatic carbocycles. The summed E-state index contributed by atoms with van der Waals surface area (Å²) in [5, 5.41) is 3.43. The molecule has 0 fully saturated rings. The van der Waals surface area contributed by atoms with Crippen LogP contribution in [0.3, 0.4) is 0 Å². The molecule has 0 atom stereocenters. The van der Waals surface area contributed by atoms with Crippen LogP contribution >= 0.6 is 11.8 Å². The van der Waals surface area contributed by atoms with E-state index in [1.165, 1.54) is 16.1 Å². The zero-order valence-electron chi connectivity index (χ0n) is 12.1. The van der Waals surface area contributed by atoms with E-state index in [4.69, 9.17) is 9.47 Å². The number of rotatable bonds is 5. The number of aryl methyl sites for hydroxylation is 1. The fourth-order valence-corrected chi connectivity index (χ4v) is 2.94. The predicted octanol–water partition coefficient (Wildman–Crippen LogP) is 3.97. The molecular formula is C17H19NO2S. The van der Waals surface area contributed by atoms with Crippen molar-refractivity contribution < 1.29 is 9.47 Å². The SMILES string of the molecule is Cc1ccc(NCCSc2ccc3c(c2)OCCO3)cc1. The molecule has 0 radical (unpaired) electrons. The van der Waals surface area contributed by atoms with Crippen molar-refractivity contribution in [2.75, 3.05) is 30.8 Å². The Morgan fingerprint density at radius 2 is 1.76 bits per heavy atom. The molecule has 0 amide bonds. The molecule has 1 heterocycles. The Balaban J connectivity index is 1.48. The van der Waals surface area contributed by atoms with E-state index in [2.05, 4.69) is 48.6 Å². The van der Waals surface area contributed by atoms with Gasteiger partial charge in [-0.1, -0.05) is 17.7 Å². The van der Waals surface area contributed by atoms with Crippen LogP contribution in [-0.4, -0.2) is 25.5 Å². The highest BCUT2D eigenvalue weighted by molar-refractivity contribution is 7.99. The molecule has 1 aliphatic rings. The Bertz CT molecular complexity index is 598. The van der Waals surface area contributed by atoms with Crippen molar-refractivity contribution in [2.24, 2.45) is 0 Å². The Morgan fingerprint density at radius 3 is 2.57 bits per heavy atom. The zero-order chi connectivity index (χ0) is 14.5. The number of benzene rings is 2. The first-order valence-electron chi connectivity index (χ1n) is 7.14. The molecule has 0 aromatic heterocycles. The number of anilines is 1. The fraction of sp³-hybridized carbons (Fsp3) is 0.294. The largest absolute Gasteiger partial charge is 0.486 e. The molecule has 110 valence electrons. The highest BCUT2D eigenvalue weighted by Gasteiger charge is 2.11. The summed E-state index contributed by atoms with van der Waals surface area (Å²) < 4.78 is 11.1. The van der Waals surface area contributed by atoms with E-state index >= 15 is 0 Å². The molecule has 2 aromatic rings. The fourth-order valence-electron chi connectivity index (χ4n) is 2.15. The zero-order valence-corrected chi connectivity index (χ0v) is 12.9. The number of thioether (sulfide) groups is 1. The maximum atomic E-state index is 5.60. The Labute approximate surface area is 129 Å². The van der Waals surface area contributed by atoms with Crippen LogP contribution in [-0.2, 0) is 0 Å². The second-order valence-corrected chi connectivity index (χ2v) is 6.12. The van der Waals surface area contributed by atoms with Crippen LogP contribution in [0.5, 0.6) is 11.5 Å². The van der Waals surface area contributed by atoms with E-state index in [1.807, 2.05) is 17.8 Å². The van der Waals surface area contributed by atoms with Crippen LogP contribution in [0.2, 0.25) is 0 Å². The van der Waals surface area contributed by atoms with Gasteiger partial charge < -0.3 is 14.8 Å². The van der Waals surface area contributed by atoms with Crippen molar-refractivity contribution >= 4 is 17.4 Å². The average molecular weight is 301 g/mol. The lowest BCUT2D eigenvalue weighted by molar-refractivity contribution is 0.171. The molecular weight excluding hydrogens is 282 g/mol. The third-order valence-electron chi connectivity index (χ3n) is 3.27. The van der Waals surface area contributed by atoms with Gasteiger partial charge in [0.25, 0.3) is 0 Å². The molecule has 0 saturated heterocycles. The second kappa shape index (κ2) is 6.76. The lowest BCUT2D eigenvalue weighted by atomic mass is 10.2. The minimum absolute atomic E-state index is 0.635. The van der Waals surface area contributed by atoms with Gasteiger partial charge in [0, 0.05) is 22.9 Å². The Kier molecular flexibility index (Phi) is 4.55. The summed E-state index contributed by atoms with van der Waals surface area (Å²) in [6.07, 6.45) is 0. The van der Waals surface area contributed by atoms with Gasteiger partial charge >= 0.3 is 0 Å². The van der Waals surface area contributed by atoms with Crippen molar-refractivity contribution in [1.29, 1.82) is 0 Å². The summed E-state index contributed by atoms with van der Waals surface area (Å²) in [6, 6.07) is 14.6. The van der Waals surface area contributed by atoms with E-state index in [0.717, 1.165) is 23.8 Å². The van der Waals surface area contributed by atoms with Gasteiger partial charge in [0.1, 0.15) is 13.2 Å². The lowest BCUT2D eigenvalue weighted by Crippen LogP contribution is -2.15. The highest BCUT2D eigenvalue weighted by atomic mass is 32.2. The average Bonchev–Trinajstić information content (AvgIpc) is 2.53. The van der Waals surface area contributed by atoms with Crippen LogP contribution in [0.1, 0.15) is 5.56 Å². The van der Waals surface area contributed by atoms with Gasteiger partial charge in [0.2, 0.25) is 0 Å². The quantitative estimate of drug-likeness (QED) is 0.668. The summed E-state index contributed by atoms with van der Waals surface area (Å²) in [5.74, 6) is 2.72. The van der Waals surface area contributed by atoms with Crippen LogP contribution in [0, 0.1) is 6.92 Å². The molecule has 1 N–H and O–H groups in total. The van der Waals surface area contributed by atoms with E-state index < -0.39 is 0 Å². The Morgan fingerprint density at radius 1 is 1.00 bits per heavy atom. The van der Waals surface area contributed by atoms with E-state index in [0.29, 0.717) is 13.2 Å². The molecule has 3 nitrogen and oxygen atoms in total. The number of fused-ring (bicyclic) bond motifs is 1. The second-order valence-electron chi connectivity index (χ2n) is 4.95. The van der Waals surface area contributed by atoms with Gasteiger partial charge in [-0.05, 0) is 37.3 Å². The molecule has 21 heavy (non-hydrogen) atoms. The van der Waals surface area contributed by atoms with E-state index in [9.17, 15) is 0 Å². The van der Waals surface area contributed by atoms with E-state index in [1.54, 1.807) is 0 Å². The lowest BCUT2D eigenvalue weighted by Gasteiger charge is -2.18. The van der Waals surface area contributed by atoms with Gasteiger partial charge in [-0.2, -0.15) is 0 Å². The van der Waals surface area contributed by atoms with E-state index in [-0.39, 0.29) is 0 Å². The highest BCUT2D eigenvalue weighted by Crippen LogP contribution is 2.34. The first kappa shape index (κ1) is 14.1. The summed E-state index contributed by atoms with van der Waals surface area (Å²) in [5.41, 5.74) is 2.45. The number of nitrogens with one attached hydrogen (secondary N) is 1. The number of hydrogen-bond acceptors (Lipinski definition) is 4. The molecule has 1 aliphatic heterocycles. The number of ether oxygens (including phenoxy) is 2. The molecule has 4 heteroatoms. The van der Waals surface area contributed by atoms with Gasteiger partial charge in [0.05, 0.1) is 0 Å². The van der Waals surface area contributed by atoms with Gasteiger partial charge in [-0.25, -0.2) is 0 Å². The monoisotopic (exact) mass is 301 g/mol. The van der Waals surface area contributed by atoms with Crippen LogP contribution in [0.4, 0.5) is 5.69 Å². The van der Waals surface area contributed by atoms with Crippen molar-refractivity contribution in [3.63, 3.8) is 0 Å². The minimum Gasteiger partial charge on any atom is -0.486 e. The first-order chi connectivity index (χ1) is 10.3. The molecule has 0 spiro atoms. The van der Waals surface area contributed by atoms with Gasteiger partial charge in [-0.3, -0.25) is 0 Å². The van der Waals surface area contributed by atoms with Gasteiger partial charge in [-0.15, -0.1) is 11.8 Å². The van der Waals surface area contributed by atoms with Crippen molar-refractivity contribution in [1.82, 2.24) is 0 Å². The number of hydrogen-bond donors (Lipinski definition) is 1. The van der Waals surface area contributed by atoms with Gasteiger partial charge in [0.15, 0.2) is 11.5 Å². The topological polar surface area (TPSA) is 30.5 Å². The maximum absolute atomic E-state index is 5.60. The first-order valence-corrected chi connectivity index (χ1v) is 8.13. The smallest absolute Gasteiger partial charge is 0.162 e. The predicted molar refractivity (Wildman–Crippen MR) is 87.8 cm³/mol. The summed E-state index contributed by atoms with van der Waals surface area (Å²) in [7, 11) is 0. The molecule has 3 rings (SSSR count). The molecule has 0 unspecified atom stereocenters. The van der Waals surface area contributed by atoms with Crippen LogP contribution < -0.4 is 14.8 Å². The standard InChI is InChI=1S/C17H19NO2S/c1-13-2-4-14(5-3-13)18-8-11-21-15-6-7-16-17(12-15)20-10-9-19-16/h2-7,12,18H,8-11H2,1H3. The van der Waals surface area contributed by atoms with Crippen molar-refractivity contribution in [3.8, 4) is 11.5 Å². The van der Waals surface area contributed by atoms with Crippen LogP contribution in [0.25, 0.3) is 0 Å². The Hall–Kier alpha value is -1.81. The van der Waals surface area contributed by atoms with Crippen molar-refractivity contribution in [2.45, 2.75) is 11.8 Å². The summed E-state index contributed by atoms with van der Waals surface area (Å²) >= 11 is 1.82. The third-order valence-corrected chi connectivity index (χ3v) is 4.26. The maximum Gasteiger partial charge on any atom is 0.162 e. The van der Waals surface area contributed by atoms with Crippen LogP contribution in [0.15, 0.2) is 47.4 Å². The summed E-state index contributed by atoms with van der Waals surface area (Å²) in [6.45, 7) is 4.31. The normalized spacial score (nSPS) is 13.0. The molecule has 0 bridgehead atoms. The third kappa shape index (κ3) is 3.85. The molecule has 0 saturated carbocycles. The molecule has 2 aromatic carbocycles. The minimum atomic E-state index is 0.635.